The van der Waals surface area contributed by atoms with E-state index >= 15 is 0 Å². The smallest absolute Gasteiger partial charge is 0.236 e. The minimum atomic E-state index is 0.133. The number of piperazine rings is 1. The highest BCUT2D eigenvalue weighted by Gasteiger charge is 2.31. The van der Waals surface area contributed by atoms with E-state index in [1.807, 2.05) is 48.5 Å². The summed E-state index contributed by atoms with van der Waals surface area (Å²) in [6, 6.07) is 28.8. The van der Waals surface area contributed by atoms with E-state index in [2.05, 4.69) is 84.5 Å². The summed E-state index contributed by atoms with van der Waals surface area (Å²) in [5.74, 6) is 1.79. The molecule has 0 aliphatic carbocycles. The predicted octanol–water partition coefficient (Wildman–Crippen LogP) is 4.89. The number of pyridine rings is 2. The van der Waals surface area contributed by atoms with Crippen molar-refractivity contribution in [2.75, 3.05) is 23.7 Å². The number of imidazole rings is 1. The van der Waals surface area contributed by atoms with Crippen molar-refractivity contribution >= 4 is 22.9 Å². The van der Waals surface area contributed by atoms with Crippen LogP contribution in [0, 0.1) is 11.3 Å². The van der Waals surface area contributed by atoms with Crippen molar-refractivity contribution in [1.29, 1.82) is 5.26 Å². The molecule has 2 N–H and O–H groups in total. The molecule has 0 saturated carbocycles. The Bertz CT molecular complexity index is 2000. The molecule has 45 heavy (non-hydrogen) atoms. The van der Waals surface area contributed by atoms with Crippen molar-refractivity contribution in [3.05, 3.63) is 103 Å². The molecule has 2 aromatic carbocycles. The number of nitrogen functional groups attached to an aromatic ring is 1. The van der Waals surface area contributed by atoms with Gasteiger partial charge in [0.1, 0.15) is 23.7 Å². The van der Waals surface area contributed by atoms with E-state index in [1.165, 1.54) is 11.9 Å². The molecule has 0 amide bonds. The third-order valence-electron chi connectivity index (χ3n) is 8.14. The Morgan fingerprint density at radius 3 is 2.36 bits per heavy atom. The first kappa shape index (κ1) is 28.1. The van der Waals surface area contributed by atoms with E-state index in [9.17, 15) is 5.26 Å². The van der Waals surface area contributed by atoms with Crippen LogP contribution < -0.4 is 10.6 Å². The zero-order valence-corrected chi connectivity index (χ0v) is 25.0. The standard InChI is InChI=1S/C34H31N11/c1-22-18-43(19-23(2)44(22)34-39-21-38-30(17-35)42-34)20-24-10-12-26(13-11-24)45-32(27-9-6-16-37-31(27)36)41-29-15-14-28(40-33(29)45)25-7-4-3-5-8-25/h3-16,21-23H,18-20H2,1-2H3,(H2,36,37)/t22-,23-/m0/s1. The molecule has 1 fully saturated rings. The van der Waals surface area contributed by atoms with E-state index < -0.39 is 0 Å². The van der Waals surface area contributed by atoms with E-state index in [-0.39, 0.29) is 17.9 Å². The molecule has 1 aliphatic heterocycles. The fourth-order valence-electron chi connectivity index (χ4n) is 6.19. The highest BCUT2D eigenvalue weighted by Crippen LogP contribution is 2.32. The topological polar surface area (TPSA) is 139 Å². The highest BCUT2D eigenvalue weighted by molar-refractivity contribution is 5.84. The summed E-state index contributed by atoms with van der Waals surface area (Å²) in [6.45, 7) is 6.79. The molecule has 0 spiro atoms. The van der Waals surface area contributed by atoms with Crippen LogP contribution in [0.4, 0.5) is 11.8 Å². The lowest BCUT2D eigenvalue weighted by Gasteiger charge is -2.44. The zero-order valence-electron chi connectivity index (χ0n) is 25.0. The molecule has 4 aromatic heterocycles. The van der Waals surface area contributed by atoms with Crippen molar-refractivity contribution in [2.45, 2.75) is 32.5 Å². The molecule has 0 bridgehead atoms. The molecule has 11 nitrogen and oxygen atoms in total. The van der Waals surface area contributed by atoms with E-state index in [4.69, 9.17) is 15.7 Å². The maximum Gasteiger partial charge on any atom is 0.236 e. The maximum atomic E-state index is 9.23. The van der Waals surface area contributed by atoms with Crippen molar-refractivity contribution in [3.8, 4) is 34.4 Å². The van der Waals surface area contributed by atoms with Crippen molar-refractivity contribution in [2.24, 2.45) is 0 Å². The molecule has 0 unspecified atom stereocenters. The molecule has 6 aromatic rings. The Balaban J connectivity index is 1.19. The van der Waals surface area contributed by atoms with Gasteiger partial charge in [-0.15, -0.1) is 0 Å². The maximum absolute atomic E-state index is 9.23. The number of nitrogens with two attached hydrogens (primary N) is 1. The first-order chi connectivity index (χ1) is 22.0. The quantitative estimate of drug-likeness (QED) is 0.284. The van der Waals surface area contributed by atoms with Crippen LogP contribution in [0.2, 0.25) is 0 Å². The van der Waals surface area contributed by atoms with Gasteiger partial charge < -0.3 is 10.6 Å². The van der Waals surface area contributed by atoms with Gasteiger partial charge >= 0.3 is 0 Å². The lowest BCUT2D eigenvalue weighted by molar-refractivity contribution is 0.191. The molecular weight excluding hydrogens is 562 g/mol. The van der Waals surface area contributed by atoms with Crippen molar-refractivity contribution in [3.63, 3.8) is 0 Å². The van der Waals surface area contributed by atoms with Gasteiger partial charge in [0.15, 0.2) is 11.5 Å². The minimum absolute atomic E-state index is 0.133. The van der Waals surface area contributed by atoms with E-state index in [0.29, 0.717) is 17.6 Å². The fourth-order valence-corrected chi connectivity index (χ4v) is 6.19. The number of fused-ring (bicyclic) bond motifs is 1. The molecule has 1 aliphatic rings. The van der Waals surface area contributed by atoms with Gasteiger partial charge in [0.05, 0.1) is 11.3 Å². The number of anilines is 2. The van der Waals surface area contributed by atoms with Crippen molar-refractivity contribution in [1.82, 2.24) is 39.4 Å². The second kappa shape index (κ2) is 11.7. The average molecular weight is 594 g/mol. The SMILES string of the molecule is C[C@H]1CN(Cc2ccc(-n3c(-c4cccnc4N)nc4ccc(-c5ccccc5)nc43)cc2)C[C@H](C)N1c1ncnc(C#N)n1. The summed E-state index contributed by atoms with van der Waals surface area (Å²) >= 11 is 0. The number of aromatic nitrogens is 7. The predicted molar refractivity (Wildman–Crippen MR) is 173 cm³/mol. The van der Waals surface area contributed by atoms with Gasteiger partial charge in [-0.05, 0) is 55.8 Å². The van der Waals surface area contributed by atoms with Gasteiger partial charge in [0, 0.05) is 49.2 Å². The number of nitriles is 1. The average Bonchev–Trinajstić information content (AvgIpc) is 3.44. The number of nitrogens with zero attached hydrogens (tertiary/aromatic N) is 10. The Hall–Kier alpha value is -5.73. The Morgan fingerprint density at radius 2 is 1.62 bits per heavy atom. The summed E-state index contributed by atoms with van der Waals surface area (Å²) in [5.41, 5.74) is 12.7. The Kier molecular flexibility index (Phi) is 7.33. The van der Waals surface area contributed by atoms with Crippen LogP contribution in [0.5, 0.6) is 0 Å². The molecule has 1 saturated heterocycles. The van der Waals surface area contributed by atoms with Crippen LogP contribution >= 0.6 is 0 Å². The van der Waals surface area contributed by atoms with Gasteiger partial charge in [-0.25, -0.2) is 24.9 Å². The molecule has 222 valence electrons. The second-order valence-electron chi connectivity index (χ2n) is 11.3. The van der Waals surface area contributed by atoms with Gasteiger partial charge in [0.25, 0.3) is 0 Å². The fraction of sp³-hybridized carbons (Fsp3) is 0.206. The number of hydrogen-bond donors (Lipinski definition) is 1. The molecule has 7 rings (SSSR count). The molecule has 5 heterocycles. The van der Waals surface area contributed by atoms with Gasteiger partial charge in [-0.2, -0.15) is 10.2 Å². The first-order valence-corrected chi connectivity index (χ1v) is 14.8. The normalized spacial score (nSPS) is 17.0. The van der Waals surface area contributed by atoms with Gasteiger partial charge in [0.2, 0.25) is 11.8 Å². The van der Waals surface area contributed by atoms with Crippen LogP contribution in [-0.4, -0.2) is 64.5 Å². The molecular formula is C34H31N11. The largest absolute Gasteiger partial charge is 0.383 e. The number of rotatable bonds is 6. The summed E-state index contributed by atoms with van der Waals surface area (Å²) < 4.78 is 2.06. The van der Waals surface area contributed by atoms with Crippen LogP contribution in [0.25, 0.3) is 39.5 Å². The lowest BCUT2D eigenvalue weighted by Crippen LogP contribution is -2.57. The van der Waals surface area contributed by atoms with Crippen LogP contribution in [-0.2, 0) is 6.54 Å². The molecule has 0 radical (unpaired) electrons. The Morgan fingerprint density at radius 1 is 0.844 bits per heavy atom. The molecule has 2 atom stereocenters. The third-order valence-corrected chi connectivity index (χ3v) is 8.14. The summed E-state index contributed by atoms with van der Waals surface area (Å²) in [7, 11) is 0. The van der Waals surface area contributed by atoms with Crippen LogP contribution in [0.15, 0.2) is 91.4 Å². The monoisotopic (exact) mass is 593 g/mol. The highest BCUT2D eigenvalue weighted by atomic mass is 15.4. The zero-order chi connectivity index (χ0) is 30.9. The lowest BCUT2D eigenvalue weighted by atomic mass is 10.1. The number of benzene rings is 2. The van der Waals surface area contributed by atoms with Crippen LogP contribution in [0.3, 0.4) is 0 Å². The summed E-state index contributed by atoms with van der Waals surface area (Å²) in [4.78, 5) is 31.6. The van der Waals surface area contributed by atoms with Crippen LogP contribution in [0.1, 0.15) is 25.2 Å². The second-order valence-corrected chi connectivity index (χ2v) is 11.3. The third kappa shape index (κ3) is 5.43. The van der Waals surface area contributed by atoms with Gasteiger partial charge in [-0.1, -0.05) is 42.5 Å². The summed E-state index contributed by atoms with van der Waals surface area (Å²) in [6.07, 6.45) is 3.09. The molecule has 11 heteroatoms. The van der Waals surface area contributed by atoms with E-state index in [0.717, 1.165) is 53.3 Å². The van der Waals surface area contributed by atoms with Gasteiger partial charge in [-0.3, -0.25) is 9.47 Å². The number of hydrogen-bond acceptors (Lipinski definition) is 10. The first-order valence-electron chi connectivity index (χ1n) is 14.8. The van der Waals surface area contributed by atoms with Crippen molar-refractivity contribution < 1.29 is 0 Å². The minimum Gasteiger partial charge on any atom is -0.383 e. The summed E-state index contributed by atoms with van der Waals surface area (Å²) in [5, 5.41) is 9.23. The Labute approximate surface area is 260 Å². The van der Waals surface area contributed by atoms with E-state index in [1.54, 1.807) is 6.20 Å².